The monoisotopic (exact) mass is 405 g/mol. The highest BCUT2D eigenvalue weighted by molar-refractivity contribution is 5.87. The van der Waals surface area contributed by atoms with E-state index in [0.29, 0.717) is 38.5 Å². The molecule has 3 N–H and O–H groups in total. The molecule has 0 spiro atoms. The molecule has 1 aromatic carbocycles. The van der Waals surface area contributed by atoms with Gasteiger partial charge in [-0.05, 0) is 17.9 Å². The van der Waals surface area contributed by atoms with E-state index in [9.17, 15) is 19.7 Å². The van der Waals surface area contributed by atoms with E-state index in [1.54, 1.807) is 17.0 Å². The van der Waals surface area contributed by atoms with Crippen molar-refractivity contribution in [1.82, 2.24) is 15.1 Å². The molecule has 29 heavy (non-hydrogen) atoms. The molecule has 1 aromatic rings. The first-order chi connectivity index (χ1) is 13.7. The highest BCUT2D eigenvalue weighted by Gasteiger charge is 2.40. The number of nitrogens with zero attached hydrogens (tertiary/aromatic N) is 3. The molecule has 1 aliphatic heterocycles. The van der Waals surface area contributed by atoms with Crippen LogP contribution in [-0.4, -0.2) is 64.8 Å². The van der Waals surface area contributed by atoms with Crippen molar-refractivity contribution in [3.63, 3.8) is 0 Å². The fraction of sp³-hybridized carbons (Fsp3) is 0.600. The third-order valence-electron chi connectivity index (χ3n) is 5.08. The Hall–Kier alpha value is -2.52. The number of nitro groups is 1. The van der Waals surface area contributed by atoms with Gasteiger partial charge in [0.1, 0.15) is 6.04 Å². The minimum atomic E-state index is -0.504. The summed E-state index contributed by atoms with van der Waals surface area (Å²) in [6, 6.07) is 6.05. The number of carbonyl (C=O) groups excluding carboxylic acids is 2. The lowest BCUT2D eigenvalue weighted by Gasteiger charge is -2.30. The van der Waals surface area contributed by atoms with Crippen LogP contribution in [0.2, 0.25) is 0 Å². The molecule has 160 valence electrons. The normalized spacial score (nSPS) is 19.0. The molecule has 1 aliphatic rings. The summed E-state index contributed by atoms with van der Waals surface area (Å²) < 4.78 is 0. The third-order valence-corrected chi connectivity index (χ3v) is 5.08. The average Bonchev–Trinajstić information content (AvgIpc) is 3.11. The molecule has 2 atom stereocenters. The highest BCUT2D eigenvalue weighted by atomic mass is 16.6. The number of carbonyl (C=O) groups is 2. The molecule has 2 unspecified atom stereocenters. The van der Waals surface area contributed by atoms with Gasteiger partial charge in [-0.2, -0.15) is 0 Å². The van der Waals surface area contributed by atoms with Crippen LogP contribution in [0, 0.1) is 16.0 Å². The Labute approximate surface area is 171 Å². The summed E-state index contributed by atoms with van der Waals surface area (Å²) in [5, 5.41) is 13.7. The maximum absolute atomic E-state index is 12.5. The lowest BCUT2D eigenvalue weighted by Crippen LogP contribution is -2.46. The van der Waals surface area contributed by atoms with Gasteiger partial charge in [-0.1, -0.05) is 26.0 Å². The molecule has 1 heterocycles. The zero-order valence-electron chi connectivity index (χ0n) is 17.3. The van der Waals surface area contributed by atoms with Crippen molar-refractivity contribution in [2.75, 3.05) is 26.2 Å². The molecule has 2 rings (SSSR count). The number of hydrogen-bond acceptors (Lipinski definition) is 6. The van der Waals surface area contributed by atoms with Crippen molar-refractivity contribution < 1.29 is 14.5 Å². The molecule has 2 amide bonds. The zero-order chi connectivity index (χ0) is 21.6. The van der Waals surface area contributed by atoms with E-state index in [2.05, 4.69) is 24.1 Å². The molecular weight excluding hydrogens is 374 g/mol. The molecular formula is C20H31N5O4. The molecule has 1 saturated heterocycles. The Morgan fingerprint density at radius 1 is 1.34 bits per heavy atom. The van der Waals surface area contributed by atoms with Crippen molar-refractivity contribution in [2.45, 2.75) is 45.8 Å². The van der Waals surface area contributed by atoms with Crippen LogP contribution in [-0.2, 0) is 16.1 Å². The number of non-ortho nitro benzene ring substituents is 1. The van der Waals surface area contributed by atoms with Gasteiger partial charge in [-0.15, -0.1) is 0 Å². The van der Waals surface area contributed by atoms with E-state index in [0.717, 1.165) is 12.1 Å². The predicted molar refractivity (Wildman–Crippen MR) is 110 cm³/mol. The second-order valence-corrected chi connectivity index (χ2v) is 7.90. The van der Waals surface area contributed by atoms with E-state index in [4.69, 9.17) is 5.73 Å². The second-order valence-electron chi connectivity index (χ2n) is 7.90. The van der Waals surface area contributed by atoms with E-state index in [1.165, 1.54) is 19.1 Å². The summed E-state index contributed by atoms with van der Waals surface area (Å²) in [5.41, 5.74) is 6.49. The minimum absolute atomic E-state index is 0.0325. The topological polar surface area (TPSA) is 122 Å². The van der Waals surface area contributed by atoms with Crippen LogP contribution in [0.15, 0.2) is 24.3 Å². The summed E-state index contributed by atoms with van der Waals surface area (Å²) in [6.45, 7) is 8.32. The second kappa shape index (κ2) is 10.3. The van der Waals surface area contributed by atoms with Gasteiger partial charge in [0.25, 0.3) is 5.69 Å². The van der Waals surface area contributed by atoms with Crippen molar-refractivity contribution >= 4 is 17.5 Å². The Bertz CT molecular complexity index is 722. The number of nitro benzene ring substituents is 1. The van der Waals surface area contributed by atoms with Gasteiger partial charge in [0.05, 0.1) is 4.92 Å². The van der Waals surface area contributed by atoms with Crippen LogP contribution in [0.1, 0.15) is 32.8 Å². The first-order valence-electron chi connectivity index (χ1n) is 9.95. The number of nitrogens with two attached hydrogens (primary N) is 1. The summed E-state index contributed by atoms with van der Waals surface area (Å²) in [5.74, 6) is 0.0946. The molecule has 0 saturated carbocycles. The third kappa shape index (κ3) is 6.23. The smallest absolute Gasteiger partial charge is 0.269 e. The SMILES string of the molecule is CC(=O)N1CC(N(Cc2ccc([N+](=O)[O-])cc2)CC(C)C)CC1C(=O)NCCN. The highest BCUT2D eigenvalue weighted by Crippen LogP contribution is 2.25. The Balaban J connectivity index is 2.17. The summed E-state index contributed by atoms with van der Waals surface area (Å²) in [7, 11) is 0. The van der Waals surface area contributed by atoms with E-state index >= 15 is 0 Å². The molecule has 0 radical (unpaired) electrons. The number of benzene rings is 1. The lowest BCUT2D eigenvalue weighted by molar-refractivity contribution is -0.384. The summed E-state index contributed by atoms with van der Waals surface area (Å²) in [4.78, 5) is 39.0. The standard InChI is InChI=1S/C20H31N5O4/c1-14(2)11-23(12-16-4-6-17(7-5-16)25(28)29)18-10-19(20(27)22-9-8-21)24(13-18)15(3)26/h4-7,14,18-19H,8-13,21H2,1-3H3,(H,22,27). The summed E-state index contributed by atoms with van der Waals surface area (Å²) in [6.07, 6.45) is 0.551. The molecule has 0 aromatic heterocycles. The number of amides is 2. The largest absolute Gasteiger partial charge is 0.353 e. The lowest BCUT2D eigenvalue weighted by atomic mass is 10.1. The van der Waals surface area contributed by atoms with E-state index < -0.39 is 11.0 Å². The first-order valence-corrected chi connectivity index (χ1v) is 9.95. The van der Waals surface area contributed by atoms with E-state index in [1.807, 2.05) is 0 Å². The van der Waals surface area contributed by atoms with Gasteiger partial charge in [0.2, 0.25) is 11.8 Å². The number of rotatable bonds is 9. The van der Waals surface area contributed by atoms with Gasteiger partial charge >= 0.3 is 0 Å². The average molecular weight is 405 g/mol. The maximum atomic E-state index is 12.5. The van der Waals surface area contributed by atoms with Gasteiger partial charge in [-0.3, -0.25) is 24.6 Å². The number of likely N-dealkylation sites (tertiary alicyclic amines) is 1. The van der Waals surface area contributed by atoms with E-state index in [-0.39, 0.29) is 23.5 Å². The van der Waals surface area contributed by atoms with Crippen LogP contribution in [0.3, 0.4) is 0 Å². The Kier molecular flexibility index (Phi) is 8.10. The van der Waals surface area contributed by atoms with Gasteiger partial charge in [0, 0.05) is 57.8 Å². The van der Waals surface area contributed by atoms with Gasteiger partial charge in [0.15, 0.2) is 0 Å². The molecule has 1 fully saturated rings. The summed E-state index contributed by atoms with van der Waals surface area (Å²) >= 11 is 0. The van der Waals surface area contributed by atoms with Crippen LogP contribution in [0.25, 0.3) is 0 Å². The first kappa shape index (κ1) is 22.8. The van der Waals surface area contributed by atoms with Crippen molar-refractivity contribution in [3.8, 4) is 0 Å². The minimum Gasteiger partial charge on any atom is -0.353 e. The quantitative estimate of drug-likeness (QED) is 0.469. The molecule has 0 bridgehead atoms. The Morgan fingerprint density at radius 2 is 2.00 bits per heavy atom. The maximum Gasteiger partial charge on any atom is 0.269 e. The van der Waals surface area contributed by atoms with Crippen LogP contribution in [0.4, 0.5) is 5.69 Å². The zero-order valence-corrected chi connectivity index (χ0v) is 17.3. The van der Waals surface area contributed by atoms with Crippen molar-refractivity contribution in [3.05, 3.63) is 39.9 Å². The van der Waals surface area contributed by atoms with Gasteiger partial charge < -0.3 is 16.0 Å². The molecule has 9 nitrogen and oxygen atoms in total. The fourth-order valence-corrected chi connectivity index (χ4v) is 3.76. The van der Waals surface area contributed by atoms with Crippen molar-refractivity contribution in [2.24, 2.45) is 11.7 Å². The molecule has 0 aliphatic carbocycles. The fourth-order valence-electron chi connectivity index (χ4n) is 3.76. The van der Waals surface area contributed by atoms with Crippen LogP contribution >= 0.6 is 0 Å². The molecule has 9 heteroatoms. The number of hydrogen-bond donors (Lipinski definition) is 2. The Morgan fingerprint density at radius 3 is 2.52 bits per heavy atom. The predicted octanol–water partition coefficient (Wildman–Crippen LogP) is 1.12. The van der Waals surface area contributed by atoms with Crippen LogP contribution < -0.4 is 11.1 Å². The number of nitrogens with one attached hydrogen (secondary N) is 1. The van der Waals surface area contributed by atoms with Crippen molar-refractivity contribution in [1.29, 1.82) is 0 Å². The van der Waals surface area contributed by atoms with Crippen LogP contribution in [0.5, 0.6) is 0 Å². The van der Waals surface area contributed by atoms with Gasteiger partial charge in [-0.25, -0.2) is 0 Å².